The largest absolute Gasteiger partial charge is 0.484 e. The molecule has 25 heavy (non-hydrogen) atoms. The predicted molar refractivity (Wildman–Crippen MR) is 94.1 cm³/mol. The number of carbonyl (C=O) groups excluding carboxylic acids is 1. The van der Waals surface area contributed by atoms with E-state index in [0.29, 0.717) is 17.2 Å². The van der Waals surface area contributed by atoms with Crippen molar-refractivity contribution in [2.24, 2.45) is 0 Å². The summed E-state index contributed by atoms with van der Waals surface area (Å²) in [5, 5.41) is 2.83. The molecule has 2 aromatic carbocycles. The zero-order valence-electron chi connectivity index (χ0n) is 14.0. The average Bonchev–Trinajstić information content (AvgIpc) is 2.98. The van der Waals surface area contributed by atoms with E-state index in [1.165, 1.54) is 6.42 Å². The quantitative estimate of drug-likeness (QED) is 0.910. The molecule has 2 aromatic rings. The Morgan fingerprint density at radius 3 is 2.56 bits per heavy atom. The van der Waals surface area contributed by atoms with E-state index in [2.05, 4.69) is 5.32 Å². The number of benzene rings is 2. The number of amides is 1. The first-order chi connectivity index (χ1) is 12.2. The highest BCUT2D eigenvalue weighted by Crippen LogP contribution is 2.46. The summed E-state index contributed by atoms with van der Waals surface area (Å²) < 4.78 is 17.6. The summed E-state index contributed by atoms with van der Waals surface area (Å²) in [7, 11) is 0. The maximum absolute atomic E-state index is 12.1. The van der Waals surface area contributed by atoms with Gasteiger partial charge in [-0.3, -0.25) is 4.79 Å². The summed E-state index contributed by atoms with van der Waals surface area (Å²) in [6.45, 7) is -0.0393. The molecule has 0 aromatic heterocycles. The van der Waals surface area contributed by atoms with Crippen LogP contribution in [0.4, 0.5) is 5.69 Å². The number of hydrogen-bond acceptors (Lipinski definition) is 4. The molecule has 1 aliphatic carbocycles. The summed E-state index contributed by atoms with van der Waals surface area (Å²) >= 11 is 0. The second-order valence-corrected chi connectivity index (χ2v) is 6.49. The lowest BCUT2D eigenvalue weighted by molar-refractivity contribution is -0.118. The Morgan fingerprint density at radius 2 is 1.76 bits per heavy atom. The van der Waals surface area contributed by atoms with Gasteiger partial charge in [-0.15, -0.1) is 0 Å². The number of fused-ring (bicyclic) bond motifs is 1. The second kappa shape index (κ2) is 6.67. The van der Waals surface area contributed by atoms with Gasteiger partial charge in [0.25, 0.3) is 11.7 Å². The van der Waals surface area contributed by atoms with E-state index in [1.807, 2.05) is 48.5 Å². The van der Waals surface area contributed by atoms with Crippen molar-refractivity contribution < 1.29 is 19.0 Å². The van der Waals surface area contributed by atoms with Crippen molar-refractivity contribution in [2.75, 3.05) is 11.9 Å². The highest BCUT2D eigenvalue weighted by molar-refractivity contribution is 5.92. The van der Waals surface area contributed by atoms with E-state index in [4.69, 9.17) is 14.2 Å². The number of anilines is 1. The first kappa shape index (κ1) is 15.8. The molecule has 1 N–H and O–H groups in total. The average molecular weight is 339 g/mol. The minimum absolute atomic E-state index is 0.0393. The SMILES string of the molecule is O=C(COc1ccccc1)Nc1ccc2c(c1)OC1(CCCCC1)O2. The van der Waals surface area contributed by atoms with Gasteiger partial charge in [-0.2, -0.15) is 0 Å². The Balaban J connectivity index is 1.37. The van der Waals surface area contributed by atoms with Gasteiger partial charge in [0, 0.05) is 24.6 Å². The van der Waals surface area contributed by atoms with Gasteiger partial charge in [-0.1, -0.05) is 24.6 Å². The summed E-state index contributed by atoms with van der Waals surface area (Å²) in [5.74, 6) is 1.40. The normalized spacial score (nSPS) is 17.3. The minimum atomic E-state index is -0.500. The molecule has 1 saturated carbocycles. The first-order valence-corrected chi connectivity index (χ1v) is 8.72. The molecule has 0 atom stereocenters. The third kappa shape index (κ3) is 3.55. The van der Waals surface area contributed by atoms with Gasteiger partial charge in [0.15, 0.2) is 18.1 Å². The van der Waals surface area contributed by atoms with Crippen molar-refractivity contribution in [1.82, 2.24) is 0 Å². The van der Waals surface area contributed by atoms with Crippen molar-refractivity contribution in [3.63, 3.8) is 0 Å². The van der Waals surface area contributed by atoms with E-state index in [0.717, 1.165) is 31.4 Å². The molecule has 2 aliphatic rings. The molecule has 0 saturated heterocycles. The zero-order valence-corrected chi connectivity index (χ0v) is 14.0. The van der Waals surface area contributed by atoms with Crippen LogP contribution in [0.3, 0.4) is 0 Å². The van der Waals surface area contributed by atoms with Gasteiger partial charge < -0.3 is 19.5 Å². The molecule has 1 heterocycles. The maximum Gasteiger partial charge on any atom is 0.262 e. The van der Waals surface area contributed by atoms with Gasteiger partial charge in [0.2, 0.25) is 0 Å². The predicted octanol–water partition coefficient (Wildman–Crippen LogP) is 4.14. The van der Waals surface area contributed by atoms with Gasteiger partial charge in [-0.05, 0) is 37.1 Å². The first-order valence-electron chi connectivity index (χ1n) is 8.72. The fourth-order valence-electron chi connectivity index (χ4n) is 3.33. The van der Waals surface area contributed by atoms with Crippen LogP contribution >= 0.6 is 0 Å². The van der Waals surface area contributed by atoms with Crippen LogP contribution in [0.2, 0.25) is 0 Å². The summed E-state index contributed by atoms with van der Waals surface area (Å²) in [4.78, 5) is 12.1. The molecule has 5 nitrogen and oxygen atoms in total. The fraction of sp³-hybridized carbons (Fsp3) is 0.350. The van der Waals surface area contributed by atoms with Crippen LogP contribution in [0.1, 0.15) is 32.1 Å². The van der Waals surface area contributed by atoms with Crippen LogP contribution in [0.25, 0.3) is 0 Å². The number of rotatable bonds is 4. The van der Waals surface area contributed by atoms with Crippen LogP contribution < -0.4 is 19.5 Å². The molecular weight excluding hydrogens is 318 g/mol. The molecule has 0 bridgehead atoms. The topological polar surface area (TPSA) is 56.8 Å². The molecule has 1 amide bonds. The molecule has 1 fully saturated rings. The molecule has 1 aliphatic heterocycles. The highest BCUT2D eigenvalue weighted by atomic mass is 16.7. The Bertz CT molecular complexity index is 754. The summed E-state index contributed by atoms with van der Waals surface area (Å²) in [6, 6.07) is 14.8. The lowest BCUT2D eigenvalue weighted by Crippen LogP contribution is -2.40. The van der Waals surface area contributed by atoms with Gasteiger partial charge in [0.1, 0.15) is 5.75 Å². The third-order valence-electron chi connectivity index (χ3n) is 4.55. The van der Waals surface area contributed by atoms with Crippen molar-refractivity contribution in [3.8, 4) is 17.2 Å². The van der Waals surface area contributed by atoms with Gasteiger partial charge in [-0.25, -0.2) is 0 Å². The molecule has 5 heteroatoms. The van der Waals surface area contributed by atoms with Crippen molar-refractivity contribution in [3.05, 3.63) is 48.5 Å². The lowest BCUT2D eigenvalue weighted by atomic mass is 9.94. The van der Waals surface area contributed by atoms with Crippen LogP contribution in [0.5, 0.6) is 17.2 Å². The van der Waals surface area contributed by atoms with E-state index in [-0.39, 0.29) is 12.5 Å². The third-order valence-corrected chi connectivity index (χ3v) is 4.55. The molecule has 0 unspecified atom stereocenters. The monoisotopic (exact) mass is 339 g/mol. The molecule has 0 radical (unpaired) electrons. The number of hydrogen-bond donors (Lipinski definition) is 1. The number of para-hydroxylation sites is 1. The highest BCUT2D eigenvalue weighted by Gasteiger charge is 2.42. The molecule has 4 rings (SSSR count). The summed E-state index contributed by atoms with van der Waals surface area (Å²) in [5.41, 5.74) is 0.678. The standard InChI is InChI=1S/C20H21NO4/c22-19(14-23-16-7-3-1-4-8-16)21-15-9-10-17-18(13-15)25-20(24-17)11-5-2-6-12-20/h1,3-4,7-10,13H,2,5-6,11-12,14H2,(H,21,22). The number of nitrogens with one attached hydrogen (secondary N) is 1. The van der Waals surface area contributed by atoms with Crippen molar-refractivity contribution in [1.29, 1.82) is 0 Å². The minimum Gasteiger partial charge on any atom is -0.484 e. The van der Waals surface area contributed by atoms with E-state index < -0.39 is 5.79 Å². The Kier molecular flexibility index (Phi) is 4.22. The van der Waals surface area contributed by atoms with Gasteiger partial charge >= 0.3 is 0 Å². The molecular formula is C20H21NO4. The Hall–Kier alpha value is -2.69. The van der Waals surface area contributed by atoms with Crippen molar-refractivity contribution >= 4 is 11.6 Å². The van der Waals surface area contributed by atoms with E-state index in [9.17, 15) is 4.79 Å². The van der Waals surface area contributed by atoms with E-state index in [1.54, 1.807) is 0 Å². The van der Waals surface area contributed by atoms with Crippen LogP contribution in [-0.2, 0) is 4.79 Å². The van der Waals surface area contributed by atoms with Crippen LogP contribution in [-0.4, -0.2) is 18.3 Å². The Labute approximate surface area is 146 Å². The zero-order chi connectivity index (χ0) is 17.1. The second-order valence-electron chi connectivity index (χ2n) is 6.49. The maximum atomic E-state index is 12.1. The van der Waals surface area contributed by atoms with Gasteiger partial charge in [0.05, 0.1) is 0 Å². The number of ether oxygens (including phenoxy) is 3. The van der Waals surface area contributed by atoms with Crippen molar-refractivity contribution in [2.45, 2.75) is 37.9 Å². The lowest BCUT2D eigenvalue weighted by Gasteiger charge is -2.31. The number of carbonyl (C=O) groups is 1. The Morgan fingerprint density at radius 1 is 1.00 bits per heavy atom. The smallest absolute Gasteiger partial charge is 0.262 e. The summed E-state index contributed by atoms with van der Waals surface area (Å²) in [6.07, 6.45) is 5.29. The molecule has 1 spiro atoms. The van der Waals surface area contributed by atoms with Crippen LogP contribution in [0, 0.1) is 0 Å². The molecule has 130 valence electrons. The van der Waals surface area contributed by atoms with E-state index >= 15 is 0 Å². The van der Waals surface area contributed by atoms with Crippen LogP contribution in [0.15, 0.2) is 48.5 Å². The fourth-order valence-corrected chi connectivity index (χ4v) is 3.33.